The van der Waals surface area contributed by atoms with Gasteiger partial charge in [0.25, 0.3) is 0 Å². The zero-order chi connectivity index (χ0) is 18.7. The number of amides is 1. The van der Waals surface area contributed by atoms with Crippen molar-refractivity contribution < 1.29 is 14.0 Å². The quantitative estimate of drug-likeness (QED) is 0.624. The first kappa shape index (κ1) is 18.0. The van der Waals surface area contributed by atoms with Crippen molar-refractivity contribution in [3.05, 3.63) is 69.9 Å². The Morgan fingerprint density at radius 1 is 1.23 bits per heavy atom. The topological polar surface area (TPSA) is 55.2 Å². The monoisotopic (exact) mass is 371 g/mol. The molecular formula is C19H18FN3O2S. The van der Waals surface area contributed by atoms with Crippen LogP contribution >= 0.6 is 11.3 Å². The second kappa shape index (κ2) is 7.61. The third kappa shape index (κ3) is 4.23. The number of ketones is 1. The Morgan fingerprint density at radius 3 is 2.62 bits per heavy atom. The van der Waals surface area contributed by atoms with E-state index in [0.29, 0.717) is 11.4 Å². The molecule has 0 fully saturated rings. The molecule has 2 heterocycles. The Bertz CT molecular complexity index is 930. The highest BCUT2D eigenvalue weighted by Gasteiger charge is 2.13. The van der Waals surface area contributed by atoms with Crippen molar-refractivity contribution in [1.29, 1.82) is 0 Å². The molecule has 0 aliphatic carbocycles. The van der Waals surface area contributed by atoms with Crippen LogP contribution in [0.15, 0.2) is 48.1 Å². The van der Waals surface area contributed by atoms with Gasteiger partial charge in [-0.25, -0.2) is 9.07 Å². The van der Waals surface area contributed by atoms with E-state index in [1.54, 1.807) is 41.0 Å². The molecule has 0 saturated carbocycles. The number of thiophene rings is 1. The highest BCUT2D eigenvalue weighted by atomic mass is 32.1. The lowest BCUT2D eigenvalue weighted by Gasteiger charge is -2.15. The standard InChI is InChI=1S/C19H18FN3O2S/c1-13(24)18-7-14(12-26-18)8-19(25)22(2)10-15-9-21-23(11-15)17-5-3-16(20)4-6-17/h3-7,9,11-12H,8,10H2,1-2H3. The van der Waals surface area contributed by atoms with Crippen LogP contribution in [0.3, 0.4) is 0 Å². The van der Waals surface area contributed by atoms with Crippen LogP contribution in [0.2, 0.25) is 0 Å². The second-order valence-electron chi connectivity index (χ2n) is 6.07. The van der Waals surface area contributed by atoms with Crippen molar-refractivity contribution in [1.82, 2.24) is 14.7 Å². The molecule has 5 nitrogen and oxygen atoms in total. The van der Waals surface area contributed by atoms with Crippen LogP contribution in [0.5, 0.6) is 0 Å². The largest absolute Gasteiger partial charge is 0.341 e. The summed E-state index contributed by atoms with van der Waals surface area (Å²) in [6.45, 7) is 1.94. The molecule has 0 atom stereocenters. The number of carbonyl (C=O) groups excluding carboxylic acids is 2. The summed E-state index contributed by atoms with van der Waals surface area (Å²) in [5, 5.41) is 6.10. The lowest BCUT2D eigenvalue weighted by atomic mass is 10.2. The Morgan fingerprint density at radius 2 is 1.96 bits per heavy atom. The minimum absolute atomic E-state index is 0.00950. The number of carbonyl (C=O) groups is 2. The third-order valence-corrected chi connectivity index (χ3v) is 5.01. The number of rotatable bonds is 6. The molecule has 1 amide bonds. The summed E-state index contributed by atoms with van der Waals surface area (Å²) in [6, 6.07) is 7.81. The average Bonchev–Trinajstić information content (AvgIpc) is 3.25. The molecule has 1 aromatic carbocycles. The Hall–Kier alpha value is -2.80. The summed E-state index contributed by atoms with van der Waals surface area (Å²) >= 11 is 1.36. The number of likely N-dealkylation sites (N-methyl/N-ethyl adjacent to an activating group) is 1. The number of Topliss-reactive ketones (excluding diaryl/α,β-unsaturated/α-hetero) is 1. The number of hydrogen-bond acceptors (Lipinski definition) is 4. The van der Waals surface area contributed by atoms with Crippen LogP contribution in [-0.4, -0.2) is 33.4 Å². The van der Waals surface area contributed by atoms with Gasteiger partial charge in [-0.15, -0.1) is 11.3 Å². The Balaban J connectivity index is 1.62. The van der Waals surface area contributed by atoms with Gasteiger partial charge in [-0.3, -0.25) is 9.59 Å². The molecule has 7 heteroatoms. The van der Waals surface area contributed by atoms with Crippen molar-refractivity contribution in [2.45, 2.75) is 19.9 Å². The molecule has 0 N–H and O–H groups in total. The van der Waals surface area contributed by atoms with Gasteiger partial charge in [0.1, 0.15) is 5.82 Å². The maximum atomic E-state index is 13.0. The zero-order valence-electron chi connectivity index (χ0n) is 14.5. The minimum atomic E-state index is -0.298. The van der Waals surface area contributed by atoms with Crippen molar-refractivity contribution in [2.24, 2.45) is 0 Å². The molecule has 0 aliphatic heterocycles. The first-order valence-corrected chi connectivity index (χ1v) is 8.92. The van der Waals surface area contributed by atoms with E-state index in [9.17, 15) is 14.0 Å². The molecule has 134 valence electrons. The molecule has 3 aromatic rings. The van der Waals surface area contributed by atoms with Gasteiger partial charge in [0, 0.05) is 25.4 Å². The van der Waals surface area contributed by atoms with Crippen LogP contribution in [0.4, 0.5) is 4.39 Å². The summed E-state index contributed by atoms with van der Waals surface area (Å²) in [4.78, 5) is 26.0. The fourth-order valence-electron chi connectivity index (χ4n) is 2.50. The van der Waals surface area contributed by atoms with Gasteiger partial charge in [-0.05, 0) is 48.2 Å². The van der Waals surface area contributed by atoms with Crippen LogP contribution in [0.1, 0.15) is 27.7 Å². The zero-order valence-corrected chi connectivity index (χ0v) is 15.3. The van der Waals surface area contributed by atoms with E-state index in [1.165, 1.54) is 30.4 Å². The maximum absolute atomic E-state index is 13.0. The molecule has 3 rings (SSSR count). The number of nitrogens with zero attached hydrogens (tertiary/aromatic N) is 3. The van der Waals surface area contributed by atoms with Gasteiger partial charge in [0.15, 0.2) is 5.78 Å². The average molecular weight is 371 g/mol. The van der Waals surface area contributed by atoms with Crippen molar-refractivity contribution in [3.8, 4) is 5.69 Å². The molecule has 0 spiro atoms. The first-order chi connectivity index (χ1) is 12.4. The summed E-state index contributed by atoms with van der Waals surface area (Å²) in [5.74, 6) is -0.324. The SMILES string of the molecule is CC(=O)c1cc(CC(=O)N(C)Cc2cnn(-c3ccc(F)cc3)c2)cs1. The second-order valence-corrected chi connectivity index (χ2v) is 6.98. The third-order valence-electron chi connectivity index (χ3n) is 3.93. The normalized spacial score (nSPS) is 10.7. The number of benzene rings is 1. The fraction of sp³-hybridized carbons (Fsp3) is 0.211. The van der Waals surface area contributed by atoms with Crippen LogP contribution < -0.4 is 0 Å². The molecule has 0 unspecified atom stereocenters. The molecular weight excluding hydrogens is 353 g/mol. The van der Waals surface area contributed by atoms with E-state index >= 15 is 0 Å². The highest BCUT2D eigenvalue weighted by molar-refractivity contribution is 7.12. The van der Waals surface area contributed by atoms with E-state index in [4.69, 9.17) is 0 Å². The van der Waals surface area contributed by atoms with E-state index in [1.807, 2.05) is 11.6 Å². The van der Waals surface area contributed by atoms with E-state index in [2.05, 4.69) is 5.10 Å². The highest BCUT2D eigenvalue weighted by Crippen LogP contribution is 2.17. The minimum Gasteiger partial charge on any atom is -0.341 e. The summed E-state index contributed by atoms with van der Waals surface area (Å²) < 4.78 is 14.6. The lowest BCUT2D eigenvalue weighted by Crippen LogP contribution is -2.27. The van der Waals surface area contributed by atoms with Gasteiger partial charge in [-0.1, -0.05) is 0 Å². The molecule has 26 heavy (non-hydrogen) atoms. The van der Waals surface area contributed by atoms with Gasteiger partial charge in [0.2, 0.25) is 5.91 Å². The Labute approximate surface area is 154 Å². The predicted octanol–water partition coefficient (Wildman–Crippen LogP) is 3.48. The maximum Gasteiger partial charge on any atom is 0.227 e. The number of aromatic nitrogens is 2. The summed E-state index contributed by atoms with van der Waals surface area (Å²) in [5.41, 5.74) is 2.47. The molecule has 0 saturated heterocycles. The summed E-state index contributed by atoms with van der Waals surface area (Å²) in [7, 11) is 1.73. The van der Waals surface area contributed by atoms with Gasteiger partial charge >= 0.3 is 0 Å². The molecule has 0 bridgehead atoms. The predicted molar refractivity (Wildman–Crippen MR) is 98.0 cm³/mol. The lowest BCUT2D eigenvalue weighted by molar-refractivity contribution is -0.129. The van der Waals surface area contributed by atoms with Crippen LogP contribution in [0.25, 0.3) is 5.69 Å². The van der Waals surface area contributed by atoms with Crippen molar-refractivity contribution in [2.75, 3.05) is 7.05 Å². The Kier molecular flexibility index (Phi) is 5.27. The first-order valence-electron chi connectivity index (χ1n) is 8.04. The number of hydrogen-bond donors (Lipinski definition) is 0. The molecule has 0 radical (unpaired) electrons. The van der Waals surface area contributed by atoms with Gasteiger partial charge in [-0.2, -0.15) is 5.10 Å². The van der Waals surface area contributed by atoms with E-state index < -0.39 is 0 Å². The van der Waals surface area contributed by atoms with Crippen molar-refractivity contribution >= 4 is 23.0 Å². The van der Waals surface area contributed by atoms with Crippen LogP contribution in [-0.2, 0) is 17.8 Å². The van der Waals surface area contributed by atoms with E-state index in [-0.39, 0.29) is 23.9 Å². The van der Waals surface area contributed by atoms with Crippen molar-refractivity contribution in [3.63, 3.8) is 0 Å². The fourth-order valence-corrected chi connectivity index (χ4v) is 3.32. The summed E-state index contributed by atoms with van der Waals surface area (Å²) in [6.07, 6.45) is 3.76. The van der Waals surface area contributed by atoms with E-state index in [0.717, 1.165) is 16.8 Å². The molecule has 2 aromatic heterocycles. The number of halogens is 1. The van der Waals surface area contributed by atoms with Gasteiger partial charge in [0.05, 0.1) is 23.2 Å². The van der Waals surface area contributed by atoms with Crippen LogP contribution in [0, 0.1) is 5.82 Å². The van der Waals surface area contributed by atoms with Gasteiger partial charge < -0.3 is 4.90 Å². The smallest absolute Gasteiger partial charge is 0.227 e. The molecule has 0 aliphatic rings.